The van der Waals surface area contributed by atoms with Gasteiger partial charge in [0.1, 0.15) is 5.71 Å². The van der Waals surface area contributed by atoms with Gasteiger partial charge in [0.2, 0.25) is 5.91 Å². The van der Waals surface area contributed by atoms with Crippen LogP contribution in [0.4, 0.5) is 0 Å². The van der Waals surface area contributed by atoms with Crippen LogP contribution in [-0.4, -0.2) is 79.6 Å². The summed E-state index contributed by atoms with van der Waals surface area (Å²) in [6, 6.07) is -0.476. The number of esters is 1. The molecule has 1 atom stereocenters. The molecule has 0 radical (unpaired) electrons. The van der Waals surface area contributed by atoms with E-state index in [9.17, 15) is 22.8 Å². The first-order valence-corrected chi connectivity index (χ1v) is 11.1. The van der Waals surface area contributed by atoms with Crippen molar-refractivity contribution in [3.05, 3.63) is 0 Å². The molecule has 0 aliphatic carbocycles. The number of carbonyl (C=O) groups excluding carboxylic acids is 3. The molecule has 3 aliphatic heterocycles. The average molecular weight is 399 g/mol. The molecule has 2 fully saturated rings. The third kappa shape index (κ3) is 4.66. The van der Waals surface area contributed by atoms with Crippen LogP contribution in [0.3, 0.4) is 0 Å². The molecule has 0 N–H and O–H groups in total. The highest BCUT2D eigenvalue weighted by molar-refractivity contribution is 7.91. The standard InChI is InChI=1S/C17H25N3O6S/c1-26-16(22)10-12-4-7-19(8-5-12)17(23)14-2-3-15(21)20(18-14)13-6-9-27(24,25)11-13/h12-13H,2-11H2,1H3/t13-/m1/s1. The molecule has 3 rings (SSSR count). The Morgan fingerprint density at radius 1 is 1.19 bits per heavy atom. The van der Waals surface area contributed by atoms with E-state index >= 15 is 0 Å². The van der Waals surface area contributed by atoms with Crippen molar-refractivity contribution < 1.29 is 27.5 Å². The number of likely N-dealkylation sites (tertiary alicyclic amines) is 1. The van der Waals surface area contributed by atoms with Gasteiger partial charge in [-0.05, 0) is 25.2 Å². The summed E-state index contributed by atoms with van der Waals surface area (Å²) in [6.45, 7) is 1.07. The highest BCUT2D eigenvalue weighted by Gasteiger charge is 2.38. The van der Waals surface area contributed by atoms with E-state index in [-0.39, 0.29) is 48.0 Å². The molecule has 0 aromatic carbocycles. The third-order valence-electron chi connectivity index (χ3n) is 5.45. The van der Waals surface area contributed by atoms with E-state index in [0.717, 1.165) is 12.8 Å². The first-order chi connectivity index (χ1) is 12.8. The zero-order valence-electron chi connectivity index (χ0n) is 15.4. The molecule has 0 bridgehead atoms. The number of piperidine rings is 1. The number of methoxy groups -OCH3 is 1. The van der Waals surface area contributed by atoms with Crippen LogP contribution >= 0.6 is 0 Å². The zero-order chi connectivity index (χ0) is 19.6. The van der Waals surface area contributed by atoms with Crippen LogP contribution in [0.1, 0.15) is 38.5 Å². The predicted molar refractivity (Wildman–Crippen MR) is 96.5 cm³/mol. The zero-order valence-corrected chi connectivity index (χ0v) is 16.2. The number of amides is 2. The second-order valence-corrected chi connectivity index (χ2v) is 9.59. The summed E-state index contributed by atoms with van der Waals surface area (Å²) < 4.78 is 28.1. The lowest BCUT2D eigenvalue weighted by Gasteiger charge is -2.33. The number of nitrogens with zero attached hydrogens (tertiary/aromatic N) is 3. The number of ether oxygens (including phenoxy) is 1. The Hall–Kier alpha value is -1.97. The molecule has 27 heavy (non-hydrogen) atoms. The summed E-state index contributed by atoms with van der Waals surface area (Å²) in [5, 5.41) is 5.45. The molecular formula is C17H25N3O6S. The summed E-state index contributed by atoms with van der Waals surface area (Å²) in [7, 11) is -1.78. The second-order valence-electron chi connectivity index (χ2n) is 7.36. The maximum absolute atomic E-state index is 12.8. The minimum absolute atomic E-state index is 0.0496. The van der Waals surface area contributed by atoms with Crippen molar-refractivity contribution in [3.8, 4) is 0 Å². The first kappa shape index (κ1) is 19.8. The Balaban J connectivity index is 1.62. The molecule has 150 valence electrons. The monoisotopic (exact) mass is 399 g/mol. The van der Waals surface area contributed by atoms with Gasteiger partial charge in [-0.2, -0.15) is 5.10 Å². The molecule has 0 aromatic rings. The molecule has 3 aliphatic rings. The van der Waals surface area contributed by atoms with Crippen LogP contribution in [0.5, 0.6) is 0 Å². The van der Waals surface area contributed by atoms with Crippen molar-refractivity contribution in [2.45, 2.75) is 44.6 Å². The van der Waals surface area contributed by atoms with Crippen LogP contribution < -0.4 is 0 Å². The summed E-state index contributed by atoms with van der Waals surface area (Å²) in [6.07, 6.45) is 2.60. The van der Waals surface area contributed by atoms with Crippen molar-refractivity contribution in [2.75, 3.05) is 31.7 Å². The van der Waals surface area contributed by atoms with E-state index in [1.165, 1.54) is 12.1 Å². The number of hydrogen-bond acceptors (Lipinski definition) is 7. The topological polar surface area (TPSA) is 113 Å². The van der Waals surface area contributed by atoms with E-state index < -0.39 is 15.9 Å². The largest absolute Gasteiger partial charge is 0.469 e. The number of hydrazone groups is 1. The fourth-order valence-electron chi connectivity index (χ4n) is 3.82. The molecule has 9 nitrogen and oxygen atoms in total. The van der Waals surface area contributed by atoms with Crippen molar-refractivity contribution in [2.24, 2.45) is 11.0 Å². The quantitative estimate of drug-likeness (QED) is 0.613. The Morgan fingerprint density at radius 2 is 1.89 bits per heavy atom. The molecule has 0 spiro atoms. The van der Waals surface area contributed by atoms with Crippen LogP contribution in [0.15, 0.2) is 5.10 Å². The van der Waals surface area contributed by atoms with Crippen molar-refractivity contribution in [1.82, 2.24) is 9.91 Å². The van der Waals surface area contributed by atoms with Gasteiger partial charge in [-0.3, -0.25) is 14.4 Å². The van der Waals surface area contributed by atoms with E-state index in [1.807, 2.05) is 0 Å². The van der Waals surface area contributed by atoms with Gasteiger partial charge in [0.15, 0.2) is 9.84 Å². The lowest BCUT2D eigenvalue weighted by atomic mass is 9.93. The molecule has 3 heterocycles. The minimum Gasteiger partial charge on any atom is -0.469 e. The number of rotatable bonds is 4. The fraction of sp³-hybridized carbons (Fsp3) is 0.765. The molecule has 2 saturated heterocycles. The van der Waals surface area contributed by atoms with E-state index in [2.05, 4.69) is 9.84 Å². The van der Waals surface area contributed by atoms with Crippen LogP contribution in [0, 0.1) is 5.92 Å². The minimum atomic E-state index is -3.14. The molecule has 0 aromatic heterocycles. The van der Waals surface area contributed by atoms with Crippen LogP contribution in [0.25, 0.3) is 0 Å². The molecule has 2 amide bonds. The van der Waals surface area contributed by atoms with Gasteiger partial charge in [-0.1, -0.05) is 0 Å². The smallest absolute Gasteiger partial charge is 0.305 e. The average Bonchev–Trinajstić information content (AvgIpc) is 3.01. The Labute approximate surface area is 158 Å². The van der Waals surface area contributed by atoms with Gasteiger partial charge >= 0.3 is 5.97 Å². The summed E-state index contributed by atoms with van der Waals surface area (Å²) in [4.78, 5) is 38.0. The maximum Gasteiger partial charge on any atom is 0.305 e. The molecule has 0 unspecified atom stereocenters. The lowest BCUT2D eigenvalue weighted by molar-refractivity contribution is -0.142. The molecule has 0 saturated carbocycles. The van der Waals surface area contributed by atoms with Gasteiger partial charge in [-0.15, -0.1) is 0 Å². The Kier molecular flexibility index (Phi) is 5.83. The summed E-state index contributed by atoms with van der Waals surface area (Å²) >= 11 is 0. The van der Waals surface area contributed by atoms with Gasteiger partial charge < -0.3 is 9.64 Å². The van der Waals surface area contributed by atoms with Gasteiger partial charge in [0, 0.05) is 32.4 Å². The van der Waals surface area contributed by atoms with Crippen molar-refractivity contribution >= 4 is 33.3 Å². The Morgan fingerprint density at radius 3 is 2.48 bits per heavy atom. The highest BCUT2D eigenvalue weighted by Crippen LogP contribution is 2.24. The number of carbonyl (C=O) groups is 3. The fourth-order valence-corrected chi connectivity index (χ4v) is 5.51. The summed E-state index contributed by atoms with van der Waals surface area (Å²) in [5.41, 5.74) is 0.310. The van der Waals surface area contributed by atoms with Crippen molar-refractivity contribution in [1.29, 1.82) is 0 Å². The van der Waals surface area contributed by atoms with Crippen LogP contribution in [-0.2, 0) is 29.0 Å². The van der Waals surface area contributed by atoms with E-state index in [4.69, 9.17) is 0 Å². The van der Waals surface area contributed by atoms with Gasteiger partial charge in [0.25, 0.3) is 5.91 Å². The number of sulfone groups is 1. The first-order valence-electron chi connectivity index (χ1n) is 9.25. The SMILES string of the molecule is COC(=O)CC1CCN(C(=O)C2=NN([C@@H]3CCS(=O)(=O)C3)C(=O)CC2)CC1. The maximum atomic E-state index is 12.8. The predicted octanol–water partition coefficient (Wildman–Crippen LogP) is -0.0464. The van der Waals surface area contributed by atoms with Gasteiger partial charge in [0.05, 0.1) is 24.7 Å². The number of hydrogen-bond donors (Lipinski definition) is 0. The van der Waals surface area contributed by atoms with Crippen molar-refractivity contribution in [3.63, 3.8) is 0 Å². The summed E-state index contributed by atoms with van der Waals surface area (Å²) in [5.74, 6) is -0.514. The third-order valence-corrected chi connectivity index (χ3v) is 7.20. The molecule has 10 heteroatoms. The lowest BCUT2D eigenvalue weighted by Crippen LogP contribution is -2.47. The van der Waals surface area contributed by atoms with Crippen LogP contribution in [0.2, 0.25) is 0 Å². The highest BCUT2D eigenvalue weighted by atomic mass is 32.2. The van der Waals surface area contributed by atoms with E-state index in [1.54, 1.807) is 4.90 Å². The van der Waals surface area contributed by atoms with E-state index in [0.29, 0.717) is 31.6 Å². The normalized spacial score (nSPS) is 26.0. The molecular weight excluding hydrogens is 374 g/mol. The second kappa shape index (κ2) is 7.95. The Bertz CT molecular complexity index is 755. The van der Waals surface area contributed by atoms with Gasteiger partial charge in [-0.25, -0.2) is 13.4 Å².